The number of thiazole rings is 1. The minimum atomic E-state index is -1.20. The molecule has 0 atom stereocenters. The summed E-state index contributed by atoms with van der Waals surface area (Å²) in [6, 6.07) is -0.696. The van der Waals surface area contributed by atoms with E-state index in [2.05, 4.69) is 15.6 Å². The number of aromatic nitrogens is 1. The summed E-state index contributed by atoms with van der Waals surface area (Å²) in [5, 5.41) is 16.0. The monoisotopic (exact) mass is 297 g/mol. The maximum Gasteiger partial charge on any atom is 0.331 e. The molecule has 0 unspecified atom stereocenters. The number of aryl methyl sites for hydroxylation is 1. The largest absolute Gasteiger partial charge is 0.478 e. The molecule has 0 spiro atoms. The van der Waals surface area contributed by atoms with Crippen LogP contribution in [0.3, 0.4) is 0 Å². The number of hydrogen-bond donors (Lipinski definition) is 3. The maximum atomic E-state index is 11.6. The van der Waals surface area contributed by atoms with E-state index in [4.69, 9.17) is 5.11 Å². The van der Waals surface area contributed by atoms with E-state index in [-0.39, 0.29) is 17.7 Å². The lowest BCUT2D eigenvalue weighted by atomic mass is 10.1. The number of hydrogen-bond acceptors (Lipinski definition) is 5. The molecule has 1 aromatic heterocycles. The molecule has 3 amide bonds. The van der Waals surface area contributed by atoms with Crippen molar-refractivity contribution in [2.75, 3.05) is 0 Å². The summed E-state index contributed by atoms with van der Waals surface area (Å²) in [4.78, 5) is 38.0. The predicted molar refractivity (Wildman–Crippen MR) is 73.2 cm³/mol. The van der Waals surface area contributed by atoms with Gasteiger partial charge >= 0.3 is 12.0 Å². The highest BCUT2D eigenvalue weighted by molar-refractivity contribution is 7.09. The lowest BCUT2D eigenvalue weighted by molar-refractivity contribution is -0.133. The van der Waals surface area contributed by atoms with Crippen LogP contribution in [-0.2, 0) is 16.1 Å². The van der Waals surface area contributed by atoms with E-state index >= 15 is 0 Å². The third kappa shape index (κ3) is 4.47. The standard InChI is InChI=1S/C12H15N3O4S/c1-6(7(2)11(17)18)10(16)15-12(19)13-4-9-5-20-8(3)14-9/h5H,4H2,1-3H3,(H,17,18)(H2,13,15,16,19). The Morgan fingerprint density at radius 1 is 1.30 bits per heavy atom. The van der Waals surface area contributed by atoms with Crippen LogP contribution in [-0.4, -0.2) is 28.0 Å². The van der Waals surface area contributed by atoms with Crippen molar-refractivity contribution in [1.29, 1.82) is 0 Å². The Morgan fingerprint density at radius 2 is 1.95 bits per heavy atom. The van der Waals surface area contributed by atoms with E-state index in [0.29, 0.717) is 5.69 Å². The van der Waals surface area contributed by atoms with Crippen molar-refractivity contribution < 1.29 is 19.5 Å². The first-order valence-corrected chi connectivity index (χ1v) is 6.60. The molecule has 0 fully saturated rings. The molecule has 0 aromatic carbocycles. The van der Waals surface area contributed by atoms with Crippen LogP contribution < -0.4 is 10.6 Å². The number of nitrogens with one attached hydrogen (secondary N) is 2. The average molecular weight is 297 g/mol. The lowest BCUT2D eigenvalue weighted by Gasteiger charge is -2.06. The fraction of sp³-hybridized carbons (Fsp3) is 0.333. The second-order valence-electron chi connectivity index (χ2n) is 4.05. The second-order valence-corrected chi connectivity index (χ2v) is 5.11. The Hall–Kier alpha value is -2.22. The van der Waals surface area contributed by atoms with Crippen LogP contribution in [0, 0.1) is 6.92 Å². The molecule has 1 rings (SSSR count). The van der Waals surface area contributed by atoms with Gasteiger partial charge in [-0.05, 0) is 20.8 Å². The molecule has 108 valence electrons. The average Bonchev–Trinajstić information content (AvgIpc) is 2.80. The Morgan fingerprint density at radius 3 is 2.45 bits per heavy atom. The molecule has 0 radical (unpaired) electrons. The molecule has 0 saturated heterocycles. The minimum absolute atomic E-state index is 0.0165. The van der Waals surface area contributed by atoms with Crippen LogP contribution in [0.1, 0.15) is 24.5 Å². The van der Waals surface area contributed by atoms with Crippen LogP contribution in [0.2, 0.25) is 0 Å². The van der Waals surface area contributed by atoms with Crippen LogP contribution in [0.15, 0.2) is 16.5 Å². The van der Waals surface area contributed by atoms with Crippen LogP contribution in [0.25, 0.3) is 0 Å². The number of nitrogens with zero attached hydrogens (tertiary/aromatic N) is 1. The molecule has 20 heavy (non-hydrogen) atoms. The van der Waals surface area contributed by atoms with Gasteiger partial charge in [-0.2, -0.15) is 0 Å². The minimum Gasteiger partial charge on any atom is -0.478 e. The van der Waals surface area contributed by atoms with Crippen molar-refractivity contribution >= 4 is 29.2 Å². The highest BCUT2D eigenvalue weighted by atomic mass is 32.1. The summed E-state index contributed by atoms with van der Waals surface area (Å²) in [6.45, 7) is 4.69. The van der Waals surface area contributed by atoms with Crippen LogP contribution >= 0.6 is 11.3 Å². The van der Waals surface area contributed by atoms with Gasteiger partial charge in [0.15, 0.2) is 0 Å². The predicted octanol–water partition coefficient (Wildman–Crippen LogP) is 1.20. The van der Waals surface area contributed by atoms with E-state index in [1.54, 1.807) is 5.38 Å². The van der Waals surface area contributed by atoms with Gasteiger partial charge in [0.25, 0.3) is 5.91 Å². The molecule has 8 heteroatoms. The van der Waals surface area contributed by atoms with Gasteiger partial charge in [0, 0.05) is 16.5 Å². The van der Waals surface area contributed by atoms with Crippen molar-refractivity contribution in [3.05, 3.63) is 27.2 Å². The first-order chi connectivity index (χ1) is 9.31. The number of carboxylic acid groups (broad SMARTS) is 1. The number of carboxylic acids is 1. The van der Waals surface area contributed by atoms with Gasteiger partial charge in [-0.1, -0.05) is 0 Å². The summed E-state index contributed by atoms with van der Waals surface area (Å²) in [5.74, 6) is -1.94. The van der Waals surface area contributed by atoms with Gasteiger partial charge in [-0.3, -0.25) is 10.1 Å². The number of imide groups is 1. The fourth-order valence-corrected chi connectivity index (χ4v) is 1.84. The van der Waals surface area contributed by atoms with E-state index in [1.165, 1.54) is 25.2 Å². The molecule has 0 saturated carbocycles. The molecular formula is C12H15N3O4S. The van der Waals surface area contributed by atoms with Crippen molar-refractivity contribution in [3.8, 4) is 0 Å². The van der Waals surface area contributed by atoms with E-state index in [9.17, 15) is 14.4 Å². The molecule has 3 N–H and O–H groups in total. The third-order valence-electron chi connectivity index (χ3n) is 2.55. The van der Waals surface area contributed by atoms with Crippen LogP contribution in [0.4, 0.5) is 4.79 Å². The van der Waals surface area contributed by atoms with Gasteiger partial charge in [0.05, 0.1) is 17.2 Å². The SMILES string of the molecule is CC(C(=O)O)=C(C)C(=O)NC(=O)NCc1csc(C)n1. The normalized spacial score (nSPS) is 11.6. The number of urea groups is 1. The molecule has 0 aliphatic rings. The smallest absolute Gasteiger partial charge is 0.331 e. The summed E-state index contributed by atoms with van der Waals surface area (Å²) < 4.78 is 0. The zero-order chi connectivity index (χ0) is 15.3. The number of carbonyl (C=O) groups is 3. The Labute approximate surface area is 119 Å². The number of rotatable bonds is 4. The molecule has 1 aromatic rings. The first kappa shape index (κ1) is 15.8. The maximum absolute atomic E-state index is 11.6. The summed E-state index contributed by atoms with van der Waals surface area (Å²) in [5.41, 5.74) is 0.576. The van der Waals surface area contributed by atoms with E-state index in [1.807, 2.05) is 6.92 Å². The summed E-state index contributed by atoms with van der Waals surface area (Å²) in [7, 11) is 0. The fourth-order valence-electron chi connectivity index (χ4n) is 1.23. The molecular weight excluding hydrogens is 282 g/mol. The highest BCUT2D eigenvalue weighted by Crippen LogP contribution is 2.07. The van der Waals surface area contributed by atoms with Crippen LogP contribution in [0.5, 0.6) is 0 Å². The summed E-state index contributed by atoms with van der Waals surface area (Å²) >= 11 is 1.46. The van der Waals surface area contributed by atoms with Gasteiger partial charge < -0.3 is 10.4 Å². The topological polar surface area (TPSA) is 108 Å². The zero-order valence-corrected chi connectivity index (χ0v) is 12.1. The number of aliphatic carboxylic acids is 1. The molecule has 0 bridgehead atoms. The molecule has 0 aliphatic heterocycles. The Bertz CT molecular complexity index is 577. The van der Waals surface area contributed by atoms with E-state index < -0.39 is 17.9 Å². The van der Waals surface area contributed by atoms with Crippen molar-refractivity contribution in [2.45, 2.75) is 27.3 Å². The molecule has 7 nitrogen and oxygen atoms in total. The van der Waals surface area contributed by atoms with Crippen molar-refractivity contribution in [1.82, 2.24) is 15.6 Å². The first-order valence-electron chi connectivity index (χ1n) is 5.72. The zero-order valence-electron chi connectivity index (χ0n) is 11.3. The van der Waals surface area contributed by atoms with Crippen molar-refractivity contribution in [3.63, 3.8) is 0 Å². The Kier molecular flexibility index (Phi) is 5.39. The van der Waals surface area contributed by atoms with Gasteiger partial charge in [-0.25, -0.2) is 14.6 Å². The Balaban J connectivity index is 2.52. The summed E-state index contributed by atoms with van der Waals surface area (Å²) in [6.07, 6.45) is 0. The quantitative estimate of drug-likeness (QED) is 0.724. The second kappa shape index (κ2) is 6.80. The molecule has 0 aliphatic carbocycles. The molecule has 1 heterocycles. The van der Waals surface area contributed by atoms with E-state index in [0.717, 1.165) is 5.01 Å². The third-order valence-corrected chi connectivity index (χ3v) is 3.37. The number of amides is 3. The van der Waals surface area contributed by atoms with Gasteiger partial charge in [0.1, 0.15) is 0 Å². The van der Waals surface area contributed by atoms with Gasteiger partial charge in [0.2, 0.25) is 0 Å². The van der Waals surface area contributed by atoms with Crippen molar-refractivity contribution in [2.24, 2.45) is 0 Å². The number of carbonyl (C=O) groups excluding carboxylic acids is 2. The lowest BCUT2D eigenvalue weighted by Crippen LogP contribution is -2.39. The van der Waals surface area contributed by atoms with Gasteiger partial charge in [-0.15, -0.1) is 11.3 Å². The highest BCUT2D eigenvalue weighted by Gasteiger charge is 2.15.